The van der Waals surface area contributed by atoms with Crippen LogP contribution in [0.2, 0.25) is 0 Å². The number of hydrogen-bond donors (Lipinski definition) is 3. The van der Waals surface area contributed by atoms with Crippen molar-refractivity contribution in [2.24, 2.45) is 0 Å². The van der Waals surface area contributed by atoms with Crippen LogP contribution in [0, 0.1) is 0 Å². The molecule has 2 amide bonds. The lowest BCUT2D eigenvalue weighted by Crippen LogP contribution is -2.14. The summed E-state index contributed by atoms with van der Waals surface area (Å²) in [6.07, 6.45) is 1.87. The van der Waals surface area contributed by atoms with Crippen LogP contribution in [0.3, 0.4) is 0 Å². The van der Waals surface area contributed by atoms with Gasteiger partial charge in [-0.2, -0.15) is 0 Å². The molecule has 3 N–H and O–H groups in total. The summed E-state index contributed by atoms with van der Waals surface area (Å²) >= 11 is 1.41. The number of aromatic nitrogens is 1. The third-order valence-corrected chi connectivity index (χ3v) is 5.65. The summed E-state index contributed by atoms with van der Waals surface area (Å²) in [5, 5.41) is 6.89. The first-order chi connectivity index (χ1) is 15.1. The van der Waals surface area contributed by atoms with Gasteiger partial charge in [0.2, 0.25) is 5.91 Å². The van der Waals surface area contributed by atoms with Crippen LogP contribution in [-0.2, 0) is 4.79 Å². The van der Waals surface area contributed by atoms with Crippen molar-refractivity contribution in [1.29, 1.82) is 0 Å². The van der Waals surface area contributed by atoms with Gasteiger partial charge in [-0.05, 0) is 66.0 Å². The number of fused-ring (bicyclic) bond motifs is 1. The van der Waals surface area contributed by atoms with Crippen LogP contribution < -0.4 is 15.4 Å². The normalized spacial score (nSPS) is 10.6. The molecule has 6 nitrogen and oxygen atoms in total. The van der Waals surface area contributed by atoms with Crippen molar-refractivity contribution >= 4 is 45.9 Å². The molecule has 0 aliphatic rings. The van der Waals surface area contributed by atoms with Gasteiger partial charge in [0, 0.05) is 33.5 Å². The summed E-state index contributed by atoms with van der Waals surface area (Å²) in [6.45, 7) is 0. The summed E-state index contributed by atoms with van der Waals surface area (Å²) in [6, 6.07) is 22.1. The molecule has 1 heterocycles. The molecule has 0 aliphatic heterocycles. The van der Waals surface area contributed by atoms with Crippen LogP contribution in [0.5, 0.6) is 5.75 Å². The maximum absolute atomic E-state index is 12.4. The molecule has 0 radical (unpaired) electrons. The zero-order valence-corrected chi connectivity index (χ0v) is 17.7. The minimum absolute atomic E-state index is 0.0939. The first-order valence-electron chi connectivity index (χ1n) is 9.66. The standard InChI is InChI=1S/C24H21N3O3S/c1-30-20-9-6-17(7-10-20)24(29)27-18-3-2-4-21(13-18)31-15-23(28)26-19-8-5-16-11-12-25-22(16)14-19/h2-14,25H,15H2,1H3,(H,26,28)(H,27,29). The molecule has 4 rings (SSSR count). The number of carbonyl (C=O) groups is 2. The van der Waals surface area contributed by atoms with E-state index >= 15 is 0 Å². The quantitative estimate of drug-likeness (QED) is 0.353. The Morgan fingerprint density at radius 3 is 2.55 bits per heavy atom. The number of carbonyl (C=O) groups excluding carboxylic acids is 2. The number of thioether (sulfide) groups is 1. The van der Waals surface area contributed by atoms with Crippen molar-refractivity contribution < 1.29 is 14.3 Å². The number of benzene rings is 3. The van der Waals surface area contributed by atoms with Crippen LogP contribution in [0.1, 0.15) is 10.4 Å². The molecule has 0 saturated heterocycles. The van der Waals surface area contributed by atoms with Crippen LogP contribution in [-0.4, -0.2) is 29.7 Å². The minimum atomic E-state index is -0.206. The second kappa shape index (κ2) is 9.40. The maximum atomic E-state index is 12.4. The molecule has 0 spiro atoms. The Balaban J connectivity index is 1.33. The topological polar surface area (TPSA) is 83.2 Å². The third-order valence-electron chi connectivity index (χ3n) is 4.65. The second-order valence-electron chi connectivity index (χ2n) is 6.83. The van der Waals surface area contributed by atoms with Gasteiger partial charge in [0.25, 0.3) is 5.91 Å². The smallest absolute Gasteiger partial charge is 0.255 e. The molecule has 3 aromatic carbocycles. The SMILES string of the molecule is COc1ccc(C(=O)Nc2cccc(SCC(=O)Nc3ccc4cc[nH]c4c3)c2)cc1. The summed E-state index contributed by atoms with van der Waals surface area (Å²) in [5.74, 6) is 0.658. The maximum Gasteiger partial charge on any atom is 0.255 e. The van der Waals surface area contributed by atoms with Crippen LogP contribution >= 0.6 is 11.8 Å². The lowest BCUT2D eigenvalue weighted by Gasteiger charge is -2.09. The summed E-state index contributed by atoms with van der Waals surface area (Å²) < 4.78 is 5.11. The molecule has 0 unspecified atom stereocenters. The lowest BCUT2D eigenvalue weighted by molar-refractivity contribution is -0.113. The number of methoxy groups -OCH3 is 1. The molecular weight excluding hydrogens is 410 g/mol. The van der Waals surface area contributed by atoms with Gasteiger partial charge < -0.3 is 20.4 Å². The molecule has 0 bridgehead atoms. The Hall–Kier alpha value is -3.71. The largest absolute Gasteiger partial charge is 0.497 e. The summed E-state index contributed by atoms with van der Waals surface area (Å²) in [4.78, 5) is 28.8. The number of hydrogen-bond acceptors (Lipinski definition) is 4. The Morgan fingerprint density at radius 1 is 0.935 bits per heavy atom. The second-order valence-corrected chi connectivity index (χ2v) is 7.88. The number of anilines is 2. The molecule has 0 saturated carbocycles. The van der Waals surface area contributed by atoms with E-state index in [2.05, 4.69) is 15.6 Å². The van der Waals surface area contributed by atoms with Crippen molar-refractivity contribution in [2.75, 3.05) is 23.5 Å². The highest BCUT2D eigenvalue weighted by Gasteiger charge is 2.08. The van der Waals surface area contributed by atoms with Crippen molar-refractivity contribution in [2.45, 2.75) is 4.90 Å². The van der Waals surface area contributed by atoms with Crippen LogP contribution in [0.15, 0.2) is 83.9 Å². The van der Waals surface area contributed by atoms with E-state index < -0.39 is 0 Å². The highest BCUT2D eigenvalue weighted by molar-refractivity contribution is 8.00. The number of aromatic amines is 1. The van der Waals surface area contributed by atoms with E-state index in [0.29, 0.717) is 17.0 Å². The van der Waals surface area contributed by atoms with Gasteiger partial charge in [-0.25, -0.2) is 0 Å². The molecule has 7 heteroatoms. The van der Waals surface area contributed by atoms with E-state index in [-0.39, 0.29) is 17.6 Å². The van der Waals surface area contributed by atoms with Gasteiger partial charge in [0.1, 0.15) is 5.75 Å². The zero-order chi connectivity index (χ0) is 21.6. The highest BCUT2D eigenvalue weighted by atomic mass is 32.2. The number of ether oxygens (including phenoxy) is 1. The molecule has 1 aromatic heterocycles. The van der Waals surface area contributed by atoms with Crippen LogP contribution in [0.4, 0.5) is 11.4 Å². The summed E-state index contributed by atoms with van der Waals surface area (Å²) in [5.41, 5.74) is 2.94. The fourth-order valence-corrected chi connectivity index (χ4v) is 3.84. The number of rotatable bonds is 7. The molecule has 4 aromatic rings. The molecule has 156 valence electrons. The Kier molecular flexibility index (Phi) is 6.24. The Morgan fingerprint density at radius 2 is 1.74 bits per heavy atom. The minimum Gasteiger partial charge on any atom is -0.497 e. The van der Waals surface area contributed by atoms with Gasteiger partial charge in [0.05, 0.1) is 12.9 Å². The van der Waals surface area contributed by atoms with Gasteiger partial charge in [-0.3, -0.25) is 9.59 Å². The van der Waals surface area contributed by atoms with E-state index in [9.17, 15) is 9.59 Å². The van der Waals surface area contributed by atoms with Gasteiger partial charge in [0.15, 0.2) is 0 Å². The monoisotopic (exact) mass is 431 g/mol. The highest BCUT2D eigenvalue weighted by Crippen LogP contribution is 2.23. The van der Waals surface area contributed by atoms with Crippen molar-refractivity contribution in [1.82, 2.24) is 4.98 Å². The molecular formula is C24H21N3O3S. The predicted molar refractivity (Wildman–Crippen MR) is 125 cm³/mol. The van der Waals surface area contributed by atoms with E-state index in [1.807, 2.05) is 54.7 Å². The first-order valence-corrected chi connectivity index (χ1v) is 10.6. The van der Waals surface area contributed by atoms with E-state index in [1.165, 1.54) is 11.8 Å². The molecule has 31 heavy (non-hydrogen) atoms. The fraction of sp³-hybridized carbons (Fsp3) is 0.0833. The van der Waals surface area contributed by atoms with Gasteiger partial charge in [-0.15, -0.1) is 11.8 Å². The van der Waals surface area contributed by atoms with E-state index in [4.69, 9.17) is 4.74 Å². The number of nitrogens with one attached hydrogen (secondary N) is 3. The van der Waals surface area contributed by atoms with Crippen LogP contribution in [0.25, 0.3) is 10.9 Å². The van der Waals surface area contributed by atoms with Crippen molar-refractivity contribution in [3.63, 3.8) is 0 Å². The fourth-order valence-electron chi connectivity index (χ4n) is 3.08. The number of H-pyrrole nitrogens is 1. The van der Waals surface area contributed by atoms with Gasteiger partial charge in [-0.1, -0.05) is 12.1 Å². The predicted octanol–water partition coefficient (Wildman–Crippen LogP) is 5.16. The third kappa shape index (κ3) is 5.26. The van der Waals surface area contributed by atoms with E-state index in [0.717, 1.165) is 21.5 Å². The summed E-state index contributed by atoms with van der Waals surface area (Å²) in [7, 11) is 1.58. The van der Waals surface area contributed by atoms with Gasteiger partial charge >= 0.3 is 0 Å². The zero-order valence-electron chi connectivity index (χ0n) is 16.8. The average Bonchev–Trinajstić information content (AvgIpc) is 3.26. The number of amides is 2. The molecule has 0 fully saturated rings. The molecule has 0 atom stereocenters. The Bertz CT molecular complexity index is 1220. The molecule has 0 aliphatic carbocycles. The Labute approximate surface area is 184 Å². The average molecular weight is 432 g/mol. The van der Waals surface area contributed by atoms with Crippen molar-refractivity contribution in [3.05, 3.63) is 84.6 Å². The lowest BCUT2D eigenvalue weighted by atomic mass is 10.2. The van der Waals surface area contributed by atoms with Crippen molar-refractivity contribution in [3.8, 4) is 5.75 Å². The first kappa shape index (κ1) is 20.6. The van der Waals surface area contributed by atoms with E-state index in [1.54, 1.807) is 31.4 Å².